The maximum Gasteiger partial charge on any atom is 0.248 e. The summed E-state index contributed by atoms with van der Waals surface area (Å²) < 4.78 is 7.09. The van der Waals surface area contributed by atoms with Crippen LogP contribution in [0.15, 0.2) is 12.4 Å². The maximum absolute atomic E-state index is 12.3. The Bertz CT molecular complexity index is 581. The molecule has 1 N–H and O–H groups in total. The SMILES string of the molecule is CCOCC(=O)N1CC(O)CC2(CCN(Cc3cnn(C)c3)CC2)C1. The van der Waals surface area contributed by atoms with Gasteiger partial charge >= 0.3 is 0 Å². The maximum atomic E-state index is 12.3. The van der Waals surface area contributed by atoms with Gasteiger partial charge in [0.1, 0.15) is 6.61 Å². The number of amides is 1. The lowest BCUT2D eigenvalue weighted by atomic mass is 9.71. The first-order valence-corrected chi connectivity index (χ1v) is 9.23. The number of carbonyl (C=O) groups is 1. The Morgan fingerprint density at radius 2 is 2.20 bits per heavy atom. The van der Waals surface area contributed by atoms with E-state index in [1.165, 1.54) is 5.56 Å². The normalized spacial score (nSPS) is 24.0. The molecular weight excluding hydrogens is 320 g/mol. The summed E-state index contributed by atoms with van der Waals surface area (Å²) in [7, 11) is 1.94. The standard InChI is InChI=1S/C18H30N4O3/c1-3-25-13-17(24)22-12-16(23)8-18(14-22)4-6-21(7-5-18)11-15-9-19-20(2)10-15/h9-10,16,23H,3-8,11-14H2,1-2H3. The van der Waals surface area contributed by atoms with E-state index in [1.54, 1.807) is 4.90 Å². The summed E-state index contributed by atoms with van der Waals surface area (Å²) in [6, 6.07) is 0. The summed E-state index contributed by atoms with van der Waals surface area (Å²) in [5.41, 5.74) is 1.28. The van der Waals surface area contributed by atoms with Crippen LogP contribution in [-0.2, 0) is 23.1 Å². The highest BCUT2D eigenvalue weighted by molar-refractivity contribution is 5.77. The van der Waals surface area contributed by atoms with Gasteiger partial charge in [-0.2, -0.15) is 5.10 Å². The molecule has 0 bridgehead atoms. The summed E-state index contributed by atoms with van der Waals surface area (Å²) in [6.07, 6.45) is 6.38. The number of likely N-dealkylation sites (tertiary alicyclic amines) is 2. The van der Waals surface area contributed by atoms with Crippen LogP contribution >= 0.6 is 0 Å². The Morgan fingerprint density at radius 3 is 2.84 bits per heavy atom. The minimum Gasteiger partial charge on any atom is -0.391 e. The molecule has 1 unspecified atom stereocenters. The lowest BCUT2D eigenvalue weighted by Gasteiger charge is -2.49. The van der Waals surface area contributed by atoms with Gasteiger partial charge in [-0.05, 0) is 44.7 Å². The van der Waals surface area contributed by atoms with E-state index in [1.807, 2.05) is 24.9 Å². The van der Waals surface area contributed by atoms with Crippen molar-refractivity contribution >= 4 is 5.91 Å². The molecule has 3 heterocycles. The van der Waals surface area contributed by atoms with Crippen molar-refractivity contribution in [2.75, 3.05) is 39.4 Å². The average Bonchev–Trinajstić information content (AvgIpc) is 2.99. The van der Waals surface area contributed by atoms with Crippen LogP contribution in [0.3, 0.4) is 0 Å². The van der Waals surface area contributed by atoms with E-state index >= 15 is 0 Å². The largest absolute Gasteiger partial charge is 0.391 e. The van der Waals surface area contributed by atoms with Crippen LogP contribution in [0.2, 0.25) is 0 Å². The number of hydrogen-bond donors (Lipinski definition) is 1. The van der Waals surface area contributed by atoms with Gasteiger partial charge in [-0.3, -0.25) is 14.4 Å². The van der Waals surface area contributed by atoms with E-state index in [4.69, 9.17) is 4.74 Å². The Kier molecular flexibility index (Phi) is 5.76. The molecule has 2 aliphatic heterocycles. The predicted molar refractivity (Wildman–Crippen MR) is 93.8 cm³/mol. The van der Waals surface area contributed by atoms with Crippen molar-refractivity contribution in [2.45, 2.75) is 38.8 Å². The van der Waals surface area contributed by atoms with Crippen LogP contribution in [-0.4, -0.2) is 76.1 Å². The lowest BCUT2D eigenvalue weighted by molar-refractivity contribution is -0.145. The number of aliphatic hydroxyl groups is 1. The summed E-state index contributed by atoms with van der Waals surface area (Å²) in [4.78, 5) is 16.6. The van der Waals surface area contributed by atoms with Gasteiger partial charge in [0, 0.05) is 45.0 Å². The van der Waals surface area contributed by atoms with E-state index < -0.39 is 6.10 Å². The number of aromatic nitrogens is 2. The third-order valence-corrected chi connectivity index (χ3v) is 5.49. The van der Waals surface area contributed by atoms with Crippen LogP contribution in [0.5, 0.6) is 0 Å². The molecule has 0 aromatic carbocycles. The average molecular weight is 350 g/mol. The first-order valence-electron chi connectivity index (χ1n) is 9.23. The summed E-state index contributed by atoms with van der Waals surface area (Å²) in [5, 5.41) is 14.5. The fourth-order valence-electron chi connectivity index (χ4n) is 4.18. The van der Waals surface area contributed by atoms with Crippen LogP contribution < -0.4 is 0 Å². The zero-order valence-electron chi connectivity index (χ0n) is 15.4. The first-order chi connectivity index (χ1) is 12.0. The lowest BCUT2D eigenvalue weighted by Crippen LogP contribution is -2.55. The zero-order chi connectivity index (χ0) is 17.9. The molecule has 25 heavy (non-hydrogen) atoms. The second-order valence-corrected chi connectivity index (χ2v) is 7.57. The van der Waals surface area contributed by atoms with Crippen molar-refractivity contribution in [3.63, 3.8) is 0 Å². The van der Waals surface area contributed by atoms with E-state index in [9.17, 15) is 9.90 Å². The highest BCUT2D eigenvalue weighted by Gasteiger charge is 2.42. The van der Waals surface area contributed by atoms with Crippen molar-refractivity contribution in [2.24, 2.45) is 12.5 Å². The molecule has 140 valence electrons. The van der Waals surface area contributed by atoms with Crippen LogP contribution in [0.1, 0.15) is 31.7 Å². The van der Waals surface area contributed by atoms with Crippen molar-refractivity contribution in [1.82, 2.24) is 19.6 Å². The topological polar surface area (TPSA) is 70.8 Å². The number of ether oxygens (including phenoxy) is 1. The number of hydrogen-bond acceptors (Lipinski definition) is 5. The van der Waals surface area contributed by atoms with Gasteiger partial charge in [0.05, 0.1) is 12.3 Å². The number of aryl methyl sites for hydroxylation is 1. The molecule has 1 atom stereocenters. The summed E-state index contributed by atoms with van der Waals surface area (Å²) >= 11 is 0. The van der Waals surface area contributed by atoms with Crippen LogP contribution in [0, 0.1) is 5.41 Å². The molecule has 0 radical (unpaired) electrons. The van der Waals surface area contributed by atoms with Gasteiger partial charge in [-0.25, -0.2) is 0 Å². The molecule has 2 aliphatic rings. The molecule has 2 fully saturated rings. The van der Waals surface area contributed by atoms with Gasteiger partial charge in [0.25, 0.3) is 0 Å². The van der Waals surface area contributed by atoms with Gasteiger partial charge < -0.3 is 14.7 Å². The predicted octanol–water partition coefficient (Wildman–Crippen LogP) is 0.632. The Balaban J connectivity index is 1.56. The highest BCUT2D eigenvalue weighted by atomic mass is 16.5. The fourth-order valence-corrected chi connectivity index (χ4v) is 4.18. The van der Waals surface area contributed by atoms with E-state index in [-0.39, 0.29) is 17.9 Å². The number of rotatable bonds is 5. The van der Waals surface area contributed by atoms with Crippen LogP contribution in [0.25, 0.3) is 0 Å². The molecule has 1 amide bonds. The highest BCUT2D eigenvalue weighted by Crippen LogP contribution is 2.40. The first kappa shape index (κ1) is 18.4. The number of β-amino-alcohol motifs (C(OH)–C–C–N with tert-alkyl or cyclic N) is 1. The third-order valence-electron chi connectivity index (χ3n) is 5.49. The third kappa shape index (κ3) is 4.59. The second kappa shape index (κ2) is 7.85. The van der Waals surface area contributed by atoms with Gasteiger partial charge in [-0.15, -0.1) is 0 Å². The Hall–Kier alpha value is -1.44. The monoisotopic (exact) mass is 350 g/mol. The van der Waals surface area contributed by atoms with Crippen molar-refractivity contribution in [1.29, 1.82) is 0 Å². The fraction of sp³-hybridized carbons (Fsp3) is 0.778. The van der Waals surface area contributed by atoms with Crippen molar-refractivity contribution in [3.8, 4) is 0 Å². The second-order valence-electron chi connectivity index (χ2n) is 7.57. The van der Waals surface area contributed by atoms with Gasteiger partial charge in [0.15, 0.2) is 0 Å². The minimum absolute atomic E-state index is 0.00207. The number of aliphatic hydroxyl groups excluding tert-OH is 1. The molecule has 0 saturated carbocycles. The molecule has 1 aromatic rings. The molecule has 3 rings (SSSR count). The molecule has 1 aromatic heterocycles. The summed E-state index contributed by atoms with van der Waals surface area (Å²) in [6.45, 7) is 6.63. The van der Waals surface area contributed by atoms with E-state index in [0.717, 1.165) is 45.4 Å². The molecule has 2 saturated heterocycles. The molecule has 0 aliphatic carbocycles. The molecule has 1 spiro atoms. The van der Waals surface area contributed by atoms with Gasteiger partial charge in [0.2, 0.25) is 5.91 Å². The quantitative estimate of drug-likeness (QED) is 0.844. The smallest absolute Gasteiger partial charge is 0.248 e. The number of piperidine rings is 2. The Morgan fingerprint density at radius 1 is 1.44 bits per heavy atom. The molecule has 7 heteroatoms. The van der Waals surface area contributed by atoms with Crippen molar-refractivity contribution < 1.29 is 14.6 Å². The summed E-state index contributed by atoms with van der Waals surface area (Å²) in [5.74, 6) is -0.00207. The number of nitrogens with zero attached hydrogens (tertiary/aromatic N) is 4. The number of carbonyl (C=O) groups excluding carboxylic acids is 1. The molecular formula is C18H30N4O3. The van der Waals surface area contributed by atoms with E-state index in [2.05, 4.69) is 16.2 Å². The minimum atomic E-state index is -0.427. The van der Waals surface area contributed by atoms with E-state index in [0.29, 0.717) is 13.2 Å². The zero-order valence-corrected chi connectivity index (χ0v) is 15.4. The molecule has 7 nitrogen and oxygen atoms in total. The van der Waals surface area contributed by atoms with Crippen molar-refractivity contribution in [3.05, 3.63) is 18.0 Å². The van der Waals surface area contributed by atoms with Gasteiger partial charge in [-0.1, -0.05) is 0 Å². The van der Waals surface area contributed by atoms with Crippen LogP contribution in [0.4, 0.5) is 0 Å². The Labute approximate surface area is 149 Å².